The van der Waals surface area contributed by atoms with Crippen molar-refractivity contribution in [1.29, 1.82) is 0 Å². The fourth-order valence-corrected chi connectivity index (χ4v) is 2.97. The van der Waals surface area contributed by atoms with Crippen LogP contribution < -0.4 is 5.32 Å². The molecule has 0 aliphatic carbocycles. The van der Waals surface area contributed by atoms with Crippen molar-refractivity contribution in [3.05, 3.63) is 12.5 Å². The first-order valence-electron chi connectivity index (χ1n) is 10.2. The van der Waals surface area contributed by atoms with Gasteiger partial charge in [0.25, 0.3) is 0 Å². The number of ether oxygens (including phenoxy) is 1. The highest BCUT2D eigenvalue weighted by Gasteiger charge is 2.08. The molecule has 0 aliphatic heterocycles. The Morgan fingerprint density at radius 3 is 2.19 bits per heavy atom. The molecule has 0 saturated heterocycles. The number of imidazole rings is 1. The number of unbranched alkanes of at least 4 members (excludes halogenated alkanes) is 8. The predicted molar refractivity (Wildman–Crippen MR) is 108 cm³/mol. The van der Waals surface area contributed by atoms with Crippen LogP contribution in [0.4, 0.5) is 5.82 Å². The minimum atomic E-state index is -0.0963. The quantitative estimate of drug-likeness (QED) is 0.426. The van der Waals surface area contributed by atoms with Crippen LogP contribution in [0.15, 0.2) is 12.5 Å². The maximum absolute atomic E-state index is 11.1. The van der Waals surface area contributed by atoms with Crippen LogP contribution in [-0.4, -0.2) is 22.1 Å². The van der Waals surface area contributed by atoms with E-state index in [1.807, 2.05) is 0 Å². The van der Waals surface area contributed by atoms with E-state index in [1.165, 1.54) is 64.7 Å². The van der Waals surface area contributed by atoms with E-state index in [0.717, 1.165) is 13.0 Å². The molecule has 0 unspecified atom stereocenters. The first kappa shape index (κ1) is 22.7. The second-order valence-corrected chi connectivity index (χ2v) is 8.46. The predicted octanol–water partition coefficient (Wildman–Crippen LogP) is 5.76. The van der Waals surface area contributed by atoms with Crippen molar-refractivity contribution in [1.82, 2.24) is 9.55 Å². The largest absolute Gasteiger partial charge is 0.361 e. The van der Waals surface area contributed by atoms with Crippen molar-refractivity contribution in [3.8, 4) is 0 Å². The summed E-state index contributed by atoms with van der Waals surface area (Å²) in [7, 11) is 0. The molecule has 0 saturated carbocycles. The number of amides is 1. The molecule has 0 spiro atoms. The van der Waals surface area contributed by atoms with Crippen LogP contribution >= 0.6 is 0 Å². The van der Waals surface area contributed by atoms with Gasteiger partial charge in [-0.3, -0.25) is 9.36 Å². The summed E-state index contributed by atoms with van der Waals surface area (Å²) in [6.07, 6.45) is 16.5. The molecular formula is C21H39N3O2. The van der Waals surface area contributed by atoms with Gasteiger partial charge < -0.3 is 10.1 Å². The smallest absolute Gasteiger partial charge is 0.222 e. The van der Waals surface area contributed by atoms with E-state index < -0.39 is 0 Å². The number of carbonyl (C=O) groups is 1. The zero-order chi connectivity index (χ0) is 19.3. The van der Waals surface area contributed by atoms with E-state index in [4.69, 9.17) is 4.74 Å². The third-order valence-corrected chi connectivity index (χ3v) is 4.46. The molecule has 1 aromatic heterocycles. The highest BCUT2D eigenvalue weighted by atomic mass is 16.5. The van der Waals surface area contributed by atoms with Gasteiger partial charge in [0.05, 0.1) is 12.5 Å². The van der Waals surface area contributed by atoms with E-state index in [-0.39, 0.29) is 5.91 Å². The standard InChI is InChI=1S/C21H39N3O2/c1-19(25)23-20-16-22-17-24(20)18-26-15-13-11-9-7-5-6-8-10-12-14-21(2,3)4/h16-17H,5-15,18H2,1-4H3,(H,23,25). The monoisotopic (exact) mass is 365 g/mol. The van der Waals surface area contributed by atoms with E-state index >= 15 is 0 Å². The third-order valence-electron chi connectivity index (χ3n) is 4.46. The summed E-state index contributed by atoms with van der Waals surface area (Å²) in [6, 6.07) is 0. The normalized spacial score (nSPS) is 11.7. The Kier molecular flexibility index (Phi) is 11.3. The molecule has 1 amide bonds. The lowest BCUT2D eigenvalue weighted by Gasteiger charge is -2.17. The number of aromatic nitrogens is 2. The Morgan fingerprint density at radius 1 is 1.04 bits per heavy atom. The zero-order valence-corrected chi connectivity index (χ0v) is 17.4. The molecule has 26 heavy (non-hydrogen) atoms. The first-order valence-corrected chi connectivity index (χ1v) is 10.2. The molecule has 0 radical (unpaired) electrons. The Hall–Kier alpha value is -1.36. The molecular weight excluding hydrogens is 326 g/mol. The van der Waals surface area contributed by atoms with Gasteiger partial charge in [-0.25, -0.2) is 4.98 Å². The van der Waals surface area contributed by atoms with Gasteiger partial charge in [0.15, 0.2) is 0 Å². The summed E-state index contributed by atoms with van der Waals surface area (Å²) in [5.74, 6) is 0.584. The number of hydrogen-bond donors (Lipinski definition) is 1. The first-order chi connectivity index (χ1) is 12.4. The number of hydrogen-bond acceptors (Lipinski definition) is 3. The van der Waals surface area contributed by atoms with E-state index in [9.17, 15) is 4.79 Å². The van der Waals surface area contributed by atoms with Crippen LogP contribution in [-0.2, 0) is 16.3 Å². The number of anilines is 1. The van der Waals surface area contributed by atoms with Gasteiger partial charge in [0.1, 0.15) is 12.5 Å². The van der Waals surface area contributed by atoms with Crippen molar-refractivity contribution in [2.45, 2.75) is 98.6 Å². The van der Waals surface area contributed by atoms with Gasteiger partial charge >= 0.3 is 0 Å². The van der Waals surface area contributed by atoms with Gasteiger partial charge in [0, 0.05) is 13.5 Å². The average Bonchev–Trinajstić information content (AvgIpc) is 2.97. The summed E-state index contributed by atoms with van der Waals surface area (Å²) in [4.78, 5) is 15.1. The fraction of sp³-hybridized carbons (Fsp3) is 0.810. The van der Waals surface area contributed by atoms with Gasteiger partial charge in [-0.1, -0.05) is 72.1 Å². The molecule has 1 rings (SSSR count). The van der Waals surface area contributed by atoms with Crippen molar-refractivity contribution >= 4 is 11.7 Å². The number of nitrogens with one attached hydrogen (secondary N) is 1. The van der Waals surface area contributed by atoms with Crippen LogP contribution in [0.25, 0.3) is 0 Å². The van der Waals surface area contributed by atoms with Gasteiger partial charge in [-0.2, -0.15) is 0 Å². The Morgan fingerprint density at radius 2 is 1.62 bits per heavy atom. The molecule has 0 aliphatic rings. The highest BCUT2D eigenvalue weighted by Crippen LogP contribution is 2.22. The maximum atomic E-state index is 11.1. The highest BCUT2D eigenvalue weighted by molar-refractivity contribution is 5.87. The Bertz CT molecular complexity index is 492. The lowest BCUT2D eigenvalue weighted by atomic mass is 9.89. The van der Waals surface area contributed by atoms with Gasteiger partial charge in [0.2, 0.25) is 5.91 Å². The second kappa shape index (κ2) is 12.9. The zero-order valence-electron chi connectivity index (χ0n) is 17.4. The molecule has 0 fully saturated rings. The molecule has 5 nitrogen and oxygen atoms in total. The average molecular weight is 366 g/mol. The van der Waals surface area contributed by atoms with E-state index in [0.29, 0.717) is 18.0 Å². The number of carbonyl (C=O) groups excluding carboxylic acids is 1. The minimum absolute atomic E-state index is 0.0963. The molecule has 1 aromatic rings. The Labute approximate surface area is 159 Å². The third kappa shape index (κ3) is 12.1. The molecule has 5 heteroatoms. The summed E-state index contributed by atoms with van der Waals surface area (Å²) < 4.78 is 7.48. The minimum Gasteiger partial charge on any atom is -0.361 e. The SMILES string of the molecule is CC(=O)Nc1cncn1COCCCCCCCCCCCC(C)(C)C. The van der Waals surface area contributed by atoms with Crippen LogP contribution in [0.2, 0.25) is 0 Å². The van der Waals surface area contributed by atoms with E-state index in [2.05, 4.69) is 31.1 Å². The molecule has 150 valence electrons. The van der Waals surface area contributed by atoms with Gasteiger partial charge in [-0.15, -0.1) is 0 Å². The molecule has 0 bridgehead atoms. The van der Waals surface area contributed by atoms with Crippen LogP contribution in [0, 0.1) is 5.41 Å². The second-order valence-electron chi connectivity index (χ2n) is 8.46. The van der Waals surface area contributed by atoms with Crippen molar-refractivity contribution in [2.24, 2.45) is 5.41 Å². The molecule has 0 aromatic carbocycles. The van der Waals surface area contributed by atoms with Crippen LogP contribution in [0.1, 0.15) is 91.9 Å². The Balaban J connectivity index is 1.88. The summed E-state index contributed by atoms with van der Waals surface area (Å²) in [6.45, 7) is 9.66. The fourth-order valence-electron chi connectivity index (χ4n) is 2.97. The van der Waals surface area contributed by atoms with Crippen molar-refractivity contribution in [3.63, 3.8) is 0 Å². The van der Waals surface area contributed by atoms with Gasteiger partial charge in [-0.05, 0) is 18.3 Å². The molecule has 1 N–H and O–H groups in total. The topological polar surface area (TPSA) is 56.2 Å². The van der Waals surface area contributed by atoms with Crippen molar-refractivity contribution in [2.75, 3.05) is 11.9 Å². The molecule has 0 atom stereocenters. The summed E-state index contributed by atoms with van der Waals surface area (Å²) in [5.41, 5.74) is 0.492. The number of nitrogens with zero attached hydrogens (tertiary/aromatic N) is 2. The molecule has 1 heterocycles. The summed E-state index contributed by atoms with van der Waals surface area (Å²) >= 11 is 0. The lowest BCUT2D eigenvalue weighted by Crippen LogP contribution is -2.12. The van der Waals surface area contributed by atoms with Crippen LogP contribution in [0.3, 0.4) is 0 Å². The number of rotatable bonds is 14. The maximum Gasteiger partial charge on any atom is 0.222 e. The summed E-state index contributed by atoms with van der Waals surface area (Å²) in [5, 5.41) is 2.74. The van der Waals surface area contributed by atoms with Crippen molar-refractivity contribution < 1.29 is 9.53 Å². The van der Waals surface area contributed by atoms with E-state index in [1.54, 1.807) is 17.1 Å². The lowest BCUT2D eigenvalue weighted by molar-refractivity contribution is -0.114. The van der Waals surface area contributed by atoms with Crippen LogP contribution in [0.5, 0.6) is 0 Å².